The summed E-state index contributed by atoms with van der Waals surface area (Å²) in [6.45, 7) is 0. The van der Waals surface area contributed by atoms with Crippen LogP contribution in [0.3, 0.4) is 0 Å². The molecule has 4 nitrogen and oxygen atoms in total. The zero-order valence-corrected chi connectivity index (χ0v) is 7.88. The largest absolute Gasteiger partial charge is 0.197 e. The Labute approximate surface area is 86.9 Å². The highest BCUT2D eigenvalue weighted by atomic mass is 15.3. The van der Waals surface area contributed by atoms with Crippen molar-refractivity contribution >= 4 is 12.2 Å². The second-order valence-corrected chi connectivity index (χ2v) is 2.96. The summed E-state index contributed by atoms with van der Waals surface area (Å²) in [6.07, 6.45) is 5.41. The number of benzene rings is 1. The summed E-state index contributed by atoms with van der Waals surface area (Å²) in [5, 5.41) is 18.7. The normalized spacial score (nSPS) is 10.3. The van der Waals surface area contributed by atoms with Gasteiger partial charge in [-0.15, -0.1) is 0 Å². The summed E-state index contributed by atoms with van der Waals surface area (Å²) < 4.78 is 0. The van der Waals surface area contributed by atoms with E-state index in [-0.39, 0.29) is 0 Å². The van der Waals surface area contributed by atoms with Gasteiger partial charge >= 0.3 is 0 Å². The van der Waals surface area contributed by atoms with Gasteiger partial charge in [-0.2, -0.15) is 20.7 Å². The standard InChI is InChI=1S/C11H8N4/c12-7-10-3-1-9(2-4-10)5-6-11-8-13-15-14-11/h1-6,8H,(H,13,14,15). The first-order valence-corrected chi connectivity index (χ1v) is 4.42. The van der Waals surface area contributed by atoms with Crippen LogP contribution in [0.5, 0.6) is 0 Å². The third-order valence-corrected chi connectivity index (χ3v) is 1.92. The van der Waals surface area contributed by atoms with Crippen molar-refractivity contribution in [2.75, 3.05) is 0 Å². The molecular formula is C11H8N4. The van der Waals surface area contributed by atoms with Gasteiger partial charge in [-0.25, -0.2) is 0 Å². The number of hydrogen-bond donors (Lipinski definition) is 1. The van der Waals surface area contributed by atoms with Crippen molar-refractivity contribution in [1.29, 1.82) is 5.26 Å². The smallest absolute Gasteiger partial charge is 0.105 e. The molecule has 0 saturated carbocycles. The SMILES string of the molecule is N#Cc1ccc(C=Cc2cn[nH]n2)cc1. The van der Waals surface area contributed by atoms with E-state index in [0.29, 0.717) is 5.56 Å². The lowest BCUT2D eigenvalue weighted by atomic mass is 10.1. The number of nitriles is 1. The summed E-state index contributed by atoms with van der Waals surface area (Å²) in [5.74, 6) is 0. The van der Waals surface area contributed by atoms with Gasteiger partial charge in [0.25, 0.3) is 0 Å². The maximum absolute atomic E-state index is 8.62. The molecule has 1 heterocycles. The van der Waals surface area contributed by atoms with E-state index in [1.807, 2.05) is 24.3 Å². The van der Waals surface area contributed by atoms with Crippen LogP contribution in [0.1, 0.15) is 16.8 Å². The fourth-order valence-corrected chi connectivity index (χ4v) is 1.14. The van der Waals surface area contributed by atoms with Gasteiger partial charge in [-0.05, 0) is 23.8 Å². The van der Waals surface area contributed by atoms with Crippen molar-refractivity contribution in [3.8, 4) is 6.07 Å². The minimum atomic E-state index is 0.661. The third kappa shape index (κ3) is 2.29. The van der Waals surface area contributed by atoms with E-state index in [0.717, 1.165) is 11.3 Å². The zero-order valence-electron chi connectivity index (χ0n) is 7.88. The molecule has 0 amide bonds. The van der Waals surface area contributed by atoms with E-state index >= 15 is 0 Å². The molecule has 2 rings (SSSR count). The Morgan fingerprint density at radius 1 is 1.20 bits per heavy atom. The molecule has 0 aliphatic rings. The Bertz CT molecular complexity index is 488. The number of H-pyrrole nitrogens is 1. The summed E-state index contributed by atoms with van der Waals surface area (Å²) in [5.41, 5.74) is 2.46. The van der Waals surface area contributed by atoms with Gasteiger partial charge in [0.1, 0.15) is 5.69 Å². The van der Waals surface area contributed by atoms with Crippen molar-refractivity contribution in [3.05, 3.63) is 47.3 Å². The molecule has 1 aromatic carbocycles. The van der Waals surface area contributed by atoms with Gasteiger partial charge in [0, 0.05) is 0 Å². The van der Waals surface area contributed by atoms with Crippen LogP contribution >= 0.6 is 0 Å². The number of nitrogens with one attached hydrogen (secondary N) is 1. The third-order valence-electron chi connectivity index (χ3n) is 1.92. The lowest BCUT2D eigenvalue weighted by molar-refractivity contribution is 0.937. The number of aromatic amines is 1. The fourth-order valence-electron chi connectivity index (χ4n) is 1.14. The van der Waals surface area contributed by atoms with Crippen molar-refractivity contribution in [1.82, 2.24) is 15.4 Å². The summed E-state index contributed by atoms with van der Waals surface area (Å²) in [7, 11) is 0. The van der Waals surface area contributed by atoms with Crippen molar-refractivity contribution in [3.63, 3.8) is 0 Å². The highest BCUT2D eigenvalue weighted by molar-refractivity contribution is 5.67. The molecule has 0 unspecified atom stereocenters. The summed E-state index contributed by atoms with van der Waals surface area (Å²) >= 11 is 0. The molecule has 1 aromatic heterocycles. The monoisotopic (exact) mass is 196 g/mol. The van der Waals surface area contributed by atoms with Crippen LogP contribution in [0.25, 0.3) is 12.2 Å². The number of aromatic nitrogens is 3. The molecule has 0 aliphatic heterocycles. The molecule has 0 atom stereocenters. The van der Waals surface area contributed by atoms with Crippen LogP contribution in [0, 0.1) is 11.3 Å². The van der Waals surface area contributed by atoms with Crippen LogP contribution in [-0.2, 0) is 0 Å². The molecule has 2 aromatic rings. The molecule has 0 saturated heterocycles. The minimum absolute atomic E-state index is 0.661. The summed E-state index contributed by atoms with van der Waals surface area (Å²) in [4.78, 5) is 0. The molecule has 0 aliphatic carbocycles. The highest BCUT2D eigenvalue weighted by Gasteiger charge is 1.91. The first kappa shape index (κ1) is 9.16. The lowest BCUT2D eigenvalue weighted by Crippen LogP contribution is -1.75. The second-order valence-electron chi connectivity index (χ2n) is 2.96. The van der Waals surface area contributed by atoms with Crippen molar-refractivity contribution < 1.29 is 0 Å². The average Bonchev–Trinajstić information content (AvgIpc) is 2.80. The van der Waals surface area contributed by atoms with E-state index in [9.17, 15) is 0 Å². The molecule has 0 fully saturated rings. The minimum Gasteiger partial charge on any atom is -0.197 e. The fraction of sp³-hybridized carbons (Fsp3) is 0. The van der Waals surface area contributed by atoms with Gasteiger partial charge in [0.15, 0.2) is 0 Å². The molecule has 1 N–H and O–H groups in total. The zero-order chi connectivity index (χ0) is 10.5. The average molecular weight is 196 g/mol. The van der Waals surface area contributed by atoms with Crippen LogP contribution in [-0.4, -0.2) is 15.4 Å². The number of rotatable bonds is 2. The van der Waals surface area contributed by atoms with Gasteiger partial charge in [0.2, 0.25) is 0 Å². The van der Waals surface area contributed by atoms with Gasteiger partial charge in [-0.1, -0.05) is 18.2 Å². The maximum atomic E-state index is 8.62. The van der Waals surface area contributed by atoms with E-state index in [1.54, 1.807) is 18.3 Å². The Morgan fingerprint density at radius 3 is 2.60 bits per heavy atom. The molecule has 15 heavy (non-hydrogen) atoms. The number of hydrogen-bond acceptors (Lipinski definition) is 3. The van der Waals surface area contributed by atoms with E-state index in [2.05, 4.69) is 21.5 Å². The Balaban J connectivity index is 2.15. The second kappa shape index (κ2) is 4.20. The number of nitrogens with zero attached hydrogens (tertiary/aromatic N) is 3. The van der Waals surface area contributed by atoms with Gasteiger partial charge in [-0.3, -0.25) is 0 Å². The molecule has 0 spiro atoms. The van der Waals surface area contributed by atoms with Crippen LogP contribution < -0.4 is 0 Å². The van der Waals surface area contributed by atoms with Crippen LogP contribution in [0.4, 0.5) is 0 Å². The van der Waals surface area contributed by atoms with E-state index in [4.69, 9.17) is 5.26 Å². The molecule has 0 bridgehead atoms. The van der Waals surface area contributed by atoms with E-state index in [1.165, 1.54) is 0 Å². The first-order valence-electron chi connectivity index (χ1n) is 4.42. The Kier molecular flexibility index (Phi) is 2.56. The first-order chi connectivity index (χ1) is 7.38. The Hall–Kier alpha value is -2.41. The van der Waals surface area contributed by atoms with Crippen LogP contribution in [0.2, 0.25) is 0 Å². The lowest BCUT2D eigenvalue weighted by Gasteiger charge is -1.91. The quantitative estimate of drug-likeness (QED) is 0.797. The molecule has 72 valence electrons. The Morgan fingerprint density at radius 2 is 2.00 bits per heavy atom. The summed E-state index contributed by atoms with van der Waals surface area (Å²) in [6, 6.07) is 9.40. The maximum Gasteiger partial charge on any atom is 0.105 e. The predicted octanol–water partition coefficient (Wildman–Crippen LogP) is 1.85. The van der Waals surface area contributed by atoms with Crippen LogP contribution in [0.15, 0.2) is 30.5 Å². The van der Waals surface area contributed by atoms with Crippen molar-refractivity contribution in [2.24, 2.45) is 0 Å². The molecule has 4 heteroatoms. The molecular weight excluding hydrogens is 188 g/mol. The van der Waals surface area contributed by atoms with E-state index < -0.39 is 0 Å². The topological polar surface area (TPSA) is 65.4 Å². The predicted molar refractivity (Wildman–Crippen MR) is 56.5 cm³/mol. The van der Waals surface area contributed by atoms with Gasteiger partial charge in [0.05, 0.1) is 17.8 Å². The molecule has 0 radical (unpaired) electrons. The highest BCUT2D eigenvalue weighted by Crippen LogP contribution is 2.07. The van der Waals surface area contributed by atoms with Gasteiger partial charge < -0.3 is 0 Å². The van der Waals surface area contributed by atoms with Crippen molar-refractivity contribution in [2.45, 2.75) is 0 Å².